The van der Waals surface area contributed by atoms with Crippen LogP contribution in [0.4, 0.5) is 0 Å². The van der Waals surface area contributed by atoms with Gasteiger partial charge in [0.15, 0.2) is 5.65 Å². The number of tetrazole rings is 1. The molecule has 2 aromatic rings. The van der Waals surface area contributed by atoms with Crippen molar-refractivity contribution in [2.24, 2.45) is 0 Å². The molecule has 0 aliphatic carbocycles. The van der Waals surface area contributed by atoms with E-state index in [0.29, 0.717) is 0 Å². The summed E-state index contributed by atoms with van der Waals surface area (Å²) in [5.74, 6) is 0. The number of fused-ring (bicyclic) bond motifs is 1. The van der Waals surface area contributed by atoms with Crippen LogP contribution < -0.4 is 0 Å². The summed E-state index contributed by atoms with van der Waals surface area (Å²) in [5.41, 5.74) is 3.16. The molecule has 74 valence electrons. The number of rotatable bonds is 0. The lowest BCUT2D eigenvalue weighted by molar-refractivity contribution is 0.590. The zero-order valence-electron chi connectivity index (χ0n) is 8.94. The molecule has 0 unspecified atom stereocenters. The third kappa shape index (κ3) is 1.27. The predicted octanol–water partition coefficient (Wildman–Crippen LogP) is 1.73. The Labute approximate surface area is 82.9 Å². The minimum absolute atomic E-state index is 0.0731. The molecule has 4 nitrogen and oxygen atoms in total. The molecule has 0 fully saturated rings. The molecular weight excluding hydrogens is 176 g/mol. The van der Waals surface area contributed by atoms with Crippen LogP contribution in [-0.2, 0) is 5.41 Å². The monoisotopic (exact) mass is 190 g/mol. The normalized spacial score (nSPS) is 12.3. The molecule has 2 aromatic heterocycles. The average Bonchev–Trinajstić information content (AvgIpc) is 2.50. The first-order valence-corrected chi connectivity index (χ1v) is 4.68. The molecule has 0 aromatic carbocycles. The molecule has 0 spiro atoms. The van der Waals surface area contributed by atoms with E-state index < -0.39 is 0 Å². The van der Waals surface area contributed by atoms with Gasteiger partial charge in [-0.1, -0.05) is 26.8 Å². The van der Waals surface area contributed by atoms with E-state index in [9.17, 15) is 0 Å². The van der Waals surface area contributed by atoms with Gasteiger partial charge in [0.25, 0.3) is 0 Å². The molecule has 0 bridgehead atoms. The van der Waals surface area contributed by atoms with Crippen molar-refractivity contribution in [1.82, 2.24) is 20.0 Å². The fraction of sp³-hybridized carbons (Fsp3) is 0.500. The molecule has 2 rings (SSSR count). The number of aryl methyl sites for hydroxylation is 1. The smallest absolute Gasteiger partial charge is 0.183 e. The molecular formula is C10H14N4. The summed E-state index contributed by atoms with van der Waals surface area (Å²) in [5, 5.41) is 11.7. The summed E-state index contributed by atoms with van der Waals surface area (Å²) < 4.78 is 1.78. The summed E-state index contributed by atoms with van der Waals surface area (Å²) in [6.07, 6.45) is 0. The molecule has 14 heavy (non-hydrogen) atoms. The number of pyridine rings is 1. The molecule has 0 aliphatic heterocycles. The van der Waals surface area contributed by atoms with E-state index in [-0.39, 0.29) is 5.41 Å². The second kappa shape index (κ2) is 2.77. The number of hydrogen-bond acceptors (Lipinski definition) is 3. The first-order chi connectivity index (χ1) is 6.50. The van der Waals surface area contributed by atoms with E-state index in [1.807, 2.05) is 13.0 Å². The highest BCUT2D eigenvalue weighted by Gasteiger charge is 2.19. The zero-order valence-corrected chi connectivity index (χ0v) is 8.94. The van der Waals surface area contributed by atoms with Crippen molar-refractivity contribution < 1.29 is 0 Å². The first-order valence-electron chi connectivity index (χ1n) is 4.68. The van der Waals surface area contributed by atoms with Gasteiger partial charge in [-0.2, -0.15) is 4.52 Å². The third-order valence-corrected chi connectivity index (χ3v) is 2.34. The lowest BCUT2D eigenvalue weighted by atomic mass is 9.87. The van der Waals surface area contributed by atoms with Crippen molar-refractivity contribution in [2.75, 3.05) is 0 Å². The van der Waals surface area contributed by atoms with Crippen molar-refractivity contribution in [2.45, 2.75) is 33.1 Å². The van der Waals surface area contributed by atoms with Crippen LogP contribution in [0.1, 0.15) is 32.0 Å². The molecule has 0 saturated carbocycles. The Morgan fingerprint density at radius 2 is 1.93 bits per heavy atom. The van der Waals surface area contributed by atoms with Crippen LogP contribution in [0.2, 0.25) is 0 Å². The highest BCUT2D eigenvalue weighted by atomic mass is 15.5. The maximum atomic E-state index is 4.05. The maximum absolute atomic E-state index is 4.05. The minimum Gasteiger partial charge on any atom is -0.198 e. The van der Waals surface area contributed by atoms with E-state index in [4.69, 9.17) is 0 Å². The standard InChI is InChI=1S/C10H14N4/c1-7-5-6-8(10(2,3)4)9-11-12-13-14(7)9/h5-6H,1-4H3. The Morgan fingerprint density at radius 3 is 2.57 bits per heavy atom. The third-order valence-electron chi connectivity index (χ3n) is 2.34. The lowest BCUT2D eigenvalue weighted by Gasteiger charge is -2.19. The fourth-order valence-corrected chi connectivity index (χ4v) is 1.53. The molecule has 0 saturated heterocycles. The SMILES string of the molecule is Cc1ccc(C(C)(C)C)c2nnnn12. The van der Waals surface area contributed by atoms with E-state index in [0.717, 1.165) is 11.3 Å². The van der Waals surface area contributed by atoms with Crippen molar-refractivity contribution in [3.63, 3.8) is 0 Å². The largest absolute Gasteiger partial charge is 0.198 e. The van der Waals surface area contributed by atoms with E-state index in [2.05, 4.69) is 42.4 Å². The first kappa shape index (κ1) is 9.12. The van der Waals surface area contributed by atoms with Crippen LogP contribution in [0.15, 0.2) is 12.1 Å². The second-order valence-corrected chi connectivity index (χ2v) is 4.55. The predicted molar refractivity (Wildman–Crippen MR) is 54.2 cm³/mol. The van der Waals surface area contributed by atoms with E-state index in [1.165, 1.54) is 5.56 Å². The molecule has 2 heterocycles. The van der Waals surface area contributed by atoms with E-state index in [1.54, 1.807) is 4.52 Å². The van der Waals surface area contributed by atoms with Gasteiger partial charge in [-0.05, 0) is 28.8 Å². The molecule has 0 N–H and O–H groups in total. The Balaban J connectivity index is 2.80. The maximum Gasteiger partial charge on any atom is 0.183 e. The fourth-order valence-electron chi connectivity index (χ4n) is 1.53. The molecule has 0 amide bonds. The Bertz CT molecular complexity index is 464. The van der Waals surface area contributed by atoms with Crippen molar-refractivity contribution in [1.29, 1.82) is 0 Å². The van der Waals surface area contributed by atoms with Crippen LogP contribution in [0.3, 0.4) is 0 Å². The van der Waals surface area contributed by atoms with Crippen LogP contribution in [-0.4, -0.2) is 20.0 Å². The minimum atomic E-state index is 0.0731. The Morgan fingerprint density at radius 1 is 1.21 bits per heavy atom. The quantitative estimate of drug-likeness (QED) is 0.635. The number of nitrogens with zero attached hydrogens (tertiary/aromatic N) is 4. The lowest BCUT2D eigenvalue weighted by Crippen LogP contribution is -2.13. The van der Waals surface area contributed by atoms with Crippen molar-refractivity contribution in [3.05, 3.63) is 23.4 Å². The summed E-state index contributed by atoms with van der Waals surface area (Å²) in [6, 6.07) is 4.14. The van der Waals surface area contributed by atoms with Crippen LogP contribution in [0.5, 0.6) is 0 Å². The van der Waals surface area contributed by atoms with Crippen molar-refractivity contribution in [3.8, 4) is 0 Å². The summed E-state index contributed by atoms with van der Waals surface area (Å²) in [7, 11) is 0. The molecule has 0 atom stereocenters. The highest BCUT2D eigenvalue weighted by molar-refractivity contribution is 5.50. The second-order valence-electron chi connectivity index (χ2n) is 4.55. The van der Waals surface area contributed by atoms with Crippen LogP contribution in [0, 0.1) is 6.92 Å². The van der Waals surface area contributed by atoms with Gasteiger partial charge in [0, 0.05) is 11.3 Å². The average molecular weight is 190 g/mol. The van der Waals surface area contributed by atoms with Gasteiger partial charge in [0.1, 0.15) is 0 Å². The van der Waals surface area contributed by atoms with Gasteiger partial charge >= 0.3 is 0 Å². The van der Waals surface area contributed by atoms with Gasteiger partial charge < -0.3 is 0 Å². The number of hydrogen-bond donors (Lipinski definition) is 0. The topological polar surface area (TPSA) is 43.1 Å². The van der Waals surface area contributed by atoms with Gasteiger partial charge in [0.05, 0.1) is 0 Å². The Kier molecular flexibility index (Phi) is 1.80. The molecule has 4 heteroatoms. The highest BCUT2D eigenvalue weighted by Crippen LogP contribution is 2.25. The van der Waals surface area contributed by atoms with Crippen LogP contribution >= 0.6 is 0 Å². The zero-order chi connectivity index (χ0) is 10.3. The van der Waals surface area contributed by atoms with Gasteiger partial charge in [-0.25, -0.2) is 0 Å². The summed E-state index contributed by atoms with van der Waals surface area (Å²) in [4.78, 5) is 0. The van der Waals surface area contributed by atoms with Crippen LogP contribution in [0.25, 0.3) is 5.65 Å². The summed E-state index contributed by atoms with van der Waals surface area (Å²) in [6.45, 7) is 8.47. The molecule has 0 radical (unpaired) electrons. The van der Waals surface area contributed by atoms with Gasteiger partial charge in [0.2, 0.25) is 0 Å². The number of aromatic nitrogens is 4. The van der Waals surface area contributed by atoms with E-state index >= 15 is 0 Å². The summed E-state index contributed by atoms with van der Waals surface area (Å²) >= 11 is 0. The van der Waals surface area contributed by atoms with Crippen molar-refractivity contribution >= 4 is 5.65 Å². The Hall–Kier alpha value is -1.45. The molecule has 0 aliphatic rings. The van der Waals surface area contributed by atoms with Gasteiger partial charge in [-0.15, -0.1) is 5.10 Å². The van der Waals surface area contributed by atoms with Gasteiger partial charge in [-0.3, -0.25) is 0 Å².